The predicted molar refractivity (Wildman–Crippen MR) is 97.0 cm³/mol. The predicted octanol–water partition coefficient (Wildman–Crippen LogP) is 3.12. The Morgan fingerprint density at radius 1 is 1.33 bits per heavy atom. The summed E-state index contributed by atoms with van der Waals surface area (Å²) in [5.41, 5.74) is 1.30. The number of hydrogen-bond acceptors (Lipinski definition) is 5. The summed E-state index contributed by atoms with van der Waals surface area (Å²) in [7, 11) is 1.94. The fourth-order valence-corrected chi connectivity index (χ4v) is 4.28. The van der Waals surface area contributed by atoms with Gasteiger partial charge < -0.3 is 9.67 Å². The Morgan fingerprint density at radius 3 is 2.58 bits per heavy atom. The molecule has 6 heteroatoms. The van der Waals surface area contributed by atoms with E-state index in [4.69, 9.17) is 4.98 Å². The molecule has 3 rings (SSSR count). The van der Waals surface area contributed by atoms with Crippen molar-refractivity contribution in [3.05, 3.63) is 34.3 Å². The largest absolute Gasteiger partial charge is 0.385 e. The summed E-state index contributed by atoms with van der Waals surface area (Å²) in [5, 5.41) is 14.0. The van der Waals surface area contributed by atoms with E-state index in [1.54, 1.807) is 17.5 Å². The second-order valence-electron chi connectivity index (χ2n) is 7.83. The molecule has 1 fully saturated rings. The Morgan fingerprint density at radius 2 is 2.04 bits per heavy atom. The van der Waals surface area contributed by atoms with Gasteiger partial charge in [0.2, 0.25) is 0 Å². The summed E-state index contributed by atoms with van der Waals surface area (Å²) >= 11 is 1.76. The second-order valence-corrected chi connectivity index (χ2v) is 8.77. The van der Waals surface area contributed by atoms with Crippen molar-refractivity contribution in [1.82, 2.24) is 19.4 Å². The lowest BCUT2D eigenvalue weighted by Gasteiger charge is -2.33. The van der Waals surface area contributed by atoms with Crippen molar-refractivity contribution in [2.24, 2.45) is 13.0 Å². The van der Waals surface area contributed by atoms with Crippen molar-refractivity contribution in [1.29, 1.82) is 0 Å². The Bertz CT molecular complexity index is 665. The molecule has 1 saturated heterocycles. The van der Waals surface area contributed by atoms with Crippen LogP contribution < -0.4 is 0 Å². The van der Waals surface area contributed by atoms with E-state index in [0.717, 1.165) is 38.3 Å². The third-order valence-electron chi connectivity index (χ3n) is 4.88. The van der Waals surface area contributed by atoms with Crippen LogP contribution in [0.25, 0.3) is 0 Å². The fourth-order valence-electron chi connectivity index (χ4n) is 3.22. The van der Waals surface area contributed by atoms with Crippen LogP contribution in [0.4, 0.5) is 0 Å². The van der Waals surface area contributed by atoms with Crippen LogP contribution in [0.1, 0.15) is 56.2 Å². The molecular formula is C18H28N4OS. The smallest absolute Gasteiger partial charge is 0.137 e. The third-order valence-corrected chi connectivity index (χ3v) is 5.71. The number of rotatable bonds is 4. The lowest BCUT2D eigenvalue weighted by Crippen LogP contribution is -2.35. The summed E-state index contributed by atoms with van der Waals surface area (Å²) < 4.78 is 1.92. The number of imidazole rings is 1. The minimum Gasteiger partial charge on any atom is -0.385 e. The summed E-state index contributed by atoms with van der Waals surface area (Å²) in [4.78, 5) is 11.5. The van der Waals surface area contributed by atoms with Gasteiger partial charge in [-0.15, -0.1) is 11.3 Å². The molecule has 0 aliphatic carbocycles. The number of piperidine rings is 1. The van der Waals surface area contributed by atoms with Gasteiger partial charge >= 0.3 is 0 Å². The van der Waals surface area contributed by atoms with Crippen LogP contribution in [0.3, 0.4) is 0 Å². The van der Waals surface area contributed by atoms with Crippen LogP contribution in [0.5, 0.6) is 0 Å². The zero-order valence-corrected chi connectivity index (χ0v) is 15.9. The van der Waals surface area contributed by atoms with Crippen molar-refractivity contribution >= 4 is 11.3 Å². The minimum atomic E-state index is -0.459. The molecule has 5 nitrogen and oxygen atoms in total. The number of aliphatic hydroxyl groups excluding tert-OH is 1. The average molecular weight is 349 g/mol. The van der Waals surface area contributed by atoms with Crippen molar-refractivity contribution < 1.29 is 5.11 Å². The van der Waals surface area contributed by atoms with Gasteiger partial charge in [0, 0.05) is 30.2 Å². The first kappa shape index (κ1) is 17.6. The van der Waals surface area contributed by atoms with E-state index < -0.39 is 6.10 Å². The normalized spacial score (nSPS) is 18.9. The summed E-state index contributed by atoms with van der Waals surface area (Å²) in [6, 6.07) is 0. The van der Waals surface area contributed by atoms with E-state index in [-0.39, 0.29) is 5.41 Å². The Labute approximate surface area is 148 Å². The Kier molecular flexibility index (Phi) is 5.08. The highest BCUT2D eigenvalue weighted by atomic mass is 32.1. The molecule has 0 aromatic carbocycles. The van der Waals surface area contributed by atoms with E-state index in [1.165, 1.54) is 10.7 Å². The highest BCUT2D eigenvalue weighted by Crippen LogP contribution is 2.31. The standard InChI is InChI=1S/C18H28N4OS/c1-18(2,3)14-12-24-15(20-14)11-22-8-5-13(6-9-22)16(23)17-19-7-10-21(17)4/h7,10,12-13,16,23H,5-6,8-9,11H2,1-4H3/t16-/m1/s1. The number of nitrogens with zero attached hydrogens (tertiary/aromatic N) is 4. The number of aliphatic hydroxyl groups is 1. The quantitative estimate of drug-likeness (QED) is 0.922. The molecule has 0 spiro atoms. The summed E-state index contributed by atoms with van der Waals surface area (Å²) in [6.07, 6.45) is 5.20. The van der Waals surface area contributed by atoms with Gasteiger partial charge in [-0.1, -0.05) is 20.8 Å². The van der Waals surface area contributed by atoms with Gasteiger partial charge in [0.15, 0.2) is 0 Å². The average Bonchev–Trinajstić information content (AvgIpc) is 3.16. The lowest BCUT2D eigenvalue weighted by molar-refractivity contribution is 0.0492. The topological polar surface area (TPSA) is 54.2 Å². The Balaban J connectivity index is 1.54. The number of aromatic nitrogens is 3. The molecule has 0 radical (unpaired) electrons. The van der Waals surface area contributed by atoms with E-state index in [0.29, 0.717) is 5.92 Å². The first-order valence-electron chi connectivity index (χ1n) is 8.67. The molecule has 3 heterocycles. The van der Waals surface area contributed by atoms with E-state index in [2.05, 4.69) is 36.0 Å². The molecule has 1 atom stereocenters. The summed E-state index contributed by atoms with van der Waals surface area (Å²) in [6.45, 7) is 9.56. The van der Waals surface area contributed by atoms with Crippen LogP contribution in [-0.2, 0) is 19.0 Å². The number of thiazole rings is 1. The van der Waals surface area contributed by atoms with Gasteiger partial charge in [-0.3, -0.25) is 4.90 Å². The monoisotopic (exact) mass is 348 g/mol. The van der Waals surface area contributed by atoms with E-state index in [9.17, 15) is 5.11 Å². The fraction of sp³-hybridized carbons (Fsp3) is 0.667. The molecule has 24 heavy (non-hydrogen) atoms. The molecule has 0 bridgehead atoms. The molecular weight excluding hydrogens is 320 g/mol. The maximum Gasteiger partial charge on any atom is 0.137 e. The van der Waals surface area contributed by atoms with Crippen LogP contribution in [-0.4, -0.2) is 37.6 Å². The van der Waals surface area contributed by atoms with E-state index >= 15 is 0 Å². The molecule has 0 amide bonds. The zero-order chi connectivity index (χ0) is 17.3. The zero-order valence-electron chi connectivity index (χ0n) is 15.1. The molecule has 2 aromatic rings. The van der Waals surface area contributed by atoms with Crippen molar-refractivity contribution in [3.63, 3.8) is 0 Å². The first-order chi connectivity index (χ1) is 11.3. The van der Waals surface area contributed by atoms with Gasteiger partial charge in [-0.05, 0) is 31.8 Å². The molecule has 1 aliphatic heterocycles. The van der Waals surface area contributed by atoms with Crippen molar-refractivity contribution in [2.75, 3.05) is 13.1 Å². The Hall–Kier alpha value is -1.24. The van der Waals surface area contributed by atoms with Gasteiger partial charge in [0.25, 0.3) is 0 Å². The maximum atomic E-state index is 10.6. The number of aryl methyl sites for hydroxylation is 1. The lowest BCUT2D eigenvalue weighted by atomic mass is 9.90. The van der Waals surface area contributed by atoms with Crippen LogP contribution in [0.2, 0.25) is 0 Å². The van der Waals surface area contributed by atoms with Gasteiger partial charge in [-0.2, -0.15) is 0 Å². The summed E-state index contributed by atoms with van der Waals surface area (Å²) in [5.74, 6) is 1.08. The van der Waals surface area contributed by atoms with Crippen LogP contribution in [0.15, 0.2) is 17.8 Å². The molecule has 1 aliphatic rings. The molecule has 2 aromatic heterocycles. The minimum absolute atomic E-state index is 0.119. The number of hydrogen-bond donors (Lipinski definition) is 1. The molecule has 0 unspecified atom stereocenters. The van der Waals surface area contributed by atoms with Gasteiger partial charge in [0.05, 0.1) is 12.2 Å². The SMILES string of the molecule is Cn1ccnc1[C@H](O)C1CCN(Cc2nc(C(C)(C)C)cs2)CC1. The maximum absolute atomic E-state index is 10.6. The van der Waals surface area contributed by atoms with Crippen LogP contribution >= 0.6 is 11.3 Å². The highest BCUT2D eigenvalue weighted by Gasteiger charge is 2.29. The first-order valence-corrected chi connectivity index (χ1v) is 9.55. The molecule has 0 saturated carbocycles. The third kappa shape index (κ3) is 3.87. The highest BCUT2D eigenvalue weighted by molar-refractivity contribution is 7.09. The molecule has 1 N–H and O–H groups in total. The van der Waals surface area contributed by atoms with Gasteiger partial charge in [0.1, 0.15) is 16.9 Å². The van der Waals surface area contributed by atoms with Crippen molar-refractivity contribution in [2.45, 2.75) is 51.7 Å². The second kappa shape index (κ2) is 6.94. The van der Waals surface area contributed by atoms with E-state index in [1.807, 2.05) is 17.8 Å². The number of likely N-dealkylation sites (tertiary alicyclic amines) is 1. The van der Waals surface area contributed by atoms with Crippen molar-refractivity contribution in [3.8, 4) is 0 Å². The van der Waals surface area contributed by atoms with Gasteiger partial charge in [-0.25, -0.2) is 9.97 Å². The van der Waals surface area contributed by atoms with Crippen LogP contribution in [0, 0.1) is 5.92 Å². The molecule has 132 valence electrons.